The molecule has 0 radical (unpaired) electrons. The second-order valence-electron chi connectivity index (χ2n) is 7.57. The molecule has 0 aromatic carbocycles. The van der Waals surface area contributed by atoms with Crippen molar-refractivity contribution in [2.75, 3.05) is 5.32 Å². The van der Waals surface area contributed by atoms with E-state index in [0.717, 1.165) is 18.5 Å². The van der Waals surface area contributed by atoms with Crippen molar-refractivity contribution in [3.8, 4) is 0 Å². The van der Waals surface area contributed by atoms with Crippen LogP contribution >= 0.6 is 0 Å². The molecule has 1 saturated carbocycles. The Hall–Kier alpha value is -1.77. The fraction of sp³-hybridized carbons (Fsp3) is 0.550. The zero-order chi connectivity index (χ0) is 16.4. The van der Waals surface area contributed by atoms with Crippen molar-refractivity contribution in [1.29, 1.82) is 0 Å². The molecule has 3 heteroatoms. The van der Waals surface area contributed by atoms with Gasteiger partial charge in [0.1, 0.15) is 5.65 Å². The van der Waals surface area contributed by atoms with Gasteiger partial charge in [0, 0.05) is 29.4 Å². The Morgan fingerprint density at radius 2 is 2.26 bits per heavy atom. The second kappa shape index (κ2) is 6.38. The number of aromatic amines is 1. The first-order valence-electron chi connectivity index (χ1n) is 8.93. The molecule has 2 N–H and O–H groups in total. The molecule has 2 heterocycles. The molecule has 1 aliphatic carbocycles. The van der Waals surface area contributed by atoms with Crippen molar-refractivity contribution >= 4 is 22.3 Å². The Morgan fingerprint density at radius 3 is 3.00 bits per heavy atom. The molecule has 3 rings (SSSR count). The molecule has 0 spiro atoms. The van der Waals surface area contributed by atoms with Gasteiger partial charge in [0.15, 0.2) is 0 Å². The smallest absolute Gasteiger partial charge is 0.139 e. The van der Waals surface area contributed by atoms with Crippen LogP contribution in [0.1, 0.15) is 64.9 Å². The Labute approximate surface area is 139 Å². The lowest BCUT2D eigenvalue weighted by molar-refractivity contribution is 0.217. The normalized spacial score (nSPS) is 20.6. The van der Waals surface area contributed by atoms with Gasteiger partial charge in [-0.05, 0) is 36.3 Å². The Morgan fingerprint density at radius 1 is 1.43 bits per heavy atom. The molecule has 0 amide bonds. The zero-order valence-corrected chi connectivity index (χ0v) is 14.7. The number of nitrogens with zero attached hydrogens (tertiary/aromatic N) is 1. The van der Waals surface area contributed by atoms with Gasteiger partial charge in [-0.15, -0.1) is 0 Å². The average Bonchev–Trinajstić information content (AvgIpc) is 2.98. The number of rotatable bonds is 5. The fourth-order valence-electron chi connectivity index (χ4n) is 3.80. The number of anilines is 1. The quantitative estimate of drug-likeness (QED) is 0.737. The van der Waals surface area contributed by atoms with Crippen LogP contribution in [0, 0.1) is 5.41 Å². The van der Waals surface area contributed by atoms with Gasteiger partial charge in [-0.3, -0.25) is 0 Å². The van der Waals surface area contributed by atoms with Gasteiger partial charge in [-0.2, -0.15) is 0 Å². The predicted molar refractivity (Wildman–Crippen MR) is 99.7 cm³/mol. The summed E-state index contributed by atoms with van der Waals surface area (Å²) in [6.45, 7) is 11.3. The third kappa shape index (κ3) is 3.15. The SMILES string of the molecule is C=C(CCC)c1cnc2[nH]ccc2c1NC1CCCCC1(C)C. The molecule has 23 heavy (non-hydrogen) atoms. The van der Waals surface area contributed by atoms with E-state index in [0.29, 0.717) is 11.5 Å². The van der Waals surface area contributed by atoms with Crippen LogP contribution in [0.15, 0.2) is 25.0 Å². The van der Waals surface area contributed by atoms with E-state index in [-0.39, 0.29) is 0 Å². The van der Waals surface area contributed by atoms with E-state index in [2.05, 4.69) is 48.7 Å². The van der Waals surface area contributed by atoms with E-state index in [1.165, 1.54) is 47.9 Å². The maximum Gasteiger partial charge on any atom is 0.139 e. The first-order valence-corrected chi connectivity index (χ1v) is 8.93. The van der Waals surface area contributed by atoms with Crippen molar-refractivity contribution in [2.45, 2.75) is 65.3 Å². The van der Waals surface area contributed by atoms with Crippen molar-refractivity contribution in [3.05, 3.63) is 30.6 Å². The van der Waals surface area contributed by atoms with Crippen LogP contribution in [0.5, 0.6) is 0 Å². The van der Waals surface area contributed by atoms with Crippen molar-refractivity contribution in [2.24, 2.45) is 5.41 Å². The van der Waals surface area contributed by atoms with E-state index in [1.54, 1.807) is 0 Å². The van der Waals surface area contributed by atoms with Crippen molar-refractivity contribution in [3.63, 3.8) is 0 Å². The second-order valence-corrected chi connectivity index (χ2v) is 7.57. The van der Waals surface area contributed by atoms with Crippen LogP contribution in [0.2, 0.25) is 0 Å². The van der Waals surface area contributed by atoms with Gasteiger partial charge in [0.2, 0.25) is 0 Å². The van der Waals surface area contributed by atoms with Crippen molar-refractivity contribution < 1.29 is 0 Å². The number of allylic oxidation sites excluding steroid dienone is 1. The summed E-state index contributed by atoms with van der Waals surface area (Å²) in [6.07, 6.45) is 11.3. The lowest BCUT2D eigenvalue weighted by Gasteiger charge is -2.40. The minimum Gasteiger partial charge on any atom is -0.381 e. The molecule has 124 valence electrons. The molecular formula is C20H29N3. The summed E-state index contributed by atoms with van der Waals surface area (Å²) in [5.74, 6) is 0. The average molecular weight is 311 g/mol. The number of H-pyrrole nitrogens is 1. The Kier molecular flexibility index (Phi) is 4.47. The highest BCUT2D eigenvalue weighted by Gasteiger charge is 2.33. The maximum absolute atomic E-state index is 4.58. The lowest BCUT2D eigenvalue weighted by Crippen LogP contribution is -2.39. The molecule has 1 aliphatic rings. The summed E-state index contributed by atoms with van der Waals surface area (Å²) in [4.78, 5) is 7.81. The van der Waals surface area contributed by atoms with Crippen LogP contribution in [0.4, 0.5) is 5.69 Å². The molecule has 0 saturated heterocycles. The van der Waals surface area contributed by atoms with Gasteiger partial charge >= 0.3 is 0 Å². The van der Waals surface area contributed by atoms with Gasteiger partial charge in [-0.25, -0.2) is 4.98 Å². The molecule has 1 fully saturated rings. The third-order valence-electron chi connectivity index (χ3n) is 5.35. The van der Waals surface area contributed by atoms with Crippen LogP contribution in [-0.2, 0) is 0 Å². The van der Waals surface area contributed by atoms with Crippen LogP contribution < -0.4 is 5.32 Å². The summed E-state index contributed by atoms with van der Waals surface area (Å²) in [5.41, 5.74) is 4.86. The Bertz CT molecular complexity index is 696. The number of fused-ring (bicyclic) bond motifs is 1. The molecule has 0 aliphatic heterocycles. The van der Waals surface area contributed by atoms with Crippen molar-refractivity contribution in [1.82, 2.24) is 9.97 Å². The van der Waals surface area contributed by atoms with E-state index in [4.69, 9.17) is 0 Å². The zero-order valence-electron chi connectivity index (χ0n) is 14.7. The predicted octanol–water partition coefficient (Wildman–Crippen LogP) is 5.76. The van der Waals surface area contributed by atoms with Gasteiger partial charge in [0.25, 0.3) is 0 Å². The standard InChI is InChI=1S/C20H29N3/c1-5-8-14(2)16-13-22-19-15(10-12-21-19)18(16)23-17-9-6-7-11-20(17,3)4/h10,12-13,17H,2,5-9,11H2,1,3-4H3,(H2,21,22,23). The number of nitrogens with one attached hydrogen (secondary N) is 2. The van der Waals surface area contributed by atoms with E-state index in [9.17, 15) is 0 Å². The van der Waals surface area contributed by atoms with E-state index >= 15 is 0 Å². The van der Waals surface area contributed by atoms with E-state index < -0.39 is 0 Å². The molecule has 1 atom stereocenters. The van der Waals surface area contributed by atoms with Crippen LogP contribution in [0.3, 0.4) is 0 Å². The highest BCUT2D eigenvalue weighted by molar-refractivity contribution is 5.96. The van der Waals surface area contributed by atoms with Gasteiger partial charge in [-0.1, -0.05) is 46.6 Å². The highest BCUT2D eigenvalue weighted by atomic mass is 15.0. The van der Waals surface area contributed by atoms with Crippen LogP contribution in [0.25, 0.3) is 16.6 Å². The minimum absolute atomic E-state index is 0.327. The summed E-state index contributed by atoms with van der Waals surface area (Å²) >= 11 is 0. The van der Waals surface area contributed by atoms with Gasteiger partial charge in [0.05, 0.1) is 5.69 Å². The highest BCUT2D eigenvalue weighted by Crippen LogP contribution is 2.40. The minimum atomic E-state index is 0.327. The molecule has 2 aromatic heterocycles. The van der Waals surface area contributed by atoms with E-state index in [1.807, 2.05) is 12.4 Å². The molecule has 0 bridgehead atoms. The topological polar surface area (TPSA) is 40.7 Å². The molecule has 2 aromatic rings. The lowest BCUT2D eigenvalue weighted by atomic mass is 9.73. The Balaban J connectivity index is 2.01. The summed E-state index contributed by atoms with van der Waals surface area (Å²) in [6, 6.07) is 2.63. The maximum atomic E-state index is 4.58. The largest absolute Gasteiger partial charge is 0.381 e. The monoisotopic (exact) mass is 311 g/mol. The third-order valence-corrected chi connectivity index (χ3v) is 5.35. The summed E-state index contributed by atoms with van der Waals surface area (Å²) in [7, 11) is 0. The number of hydrogen-bond donors (Lipinski definition) is 2. The van der Waals surface area contributed by atoms with Gasteiger partial charge < -0.3 is 10.3 Å². The molecule has 1 unspecified atom stereocenters. The first-order chi connectivity index (χ1) is 11.0. The molecular weight excluding hydrogens is 282 g/mol. The number of hydrogen-bond acceptors (Lipinski definition) is 2. The summed E-state index contributed by atoms with van der Waals surface area (Å²) < 4.78 is 0. The summed E-state index contributed by atoms with van der Waals surface area (Å²) in [5, 5.41) is 5.07. The first kappa shape index (κ1) is 16.1. The van der Waals surface area contributed by atoms with Crippen LogP contribution in [-0.4, -0.2) is 16.0 Å². The number of aromatic nitrogens is 2. The number of pyridine rings is 1. The fourth-order valence-corrected chi connectivity index (χ4v) is 3.80. The molecule has 3 nitrogen and oxygen atoms in total.